The maximum absolute atomic E-state index is 11.4. The Bertz CT molecular complexity index is 232. The molecule has 19 heavy (non-hydrogen) atoms. The van der Waals surface area contributed by atoms with Crippen molar-refractivity contribution in [2.75, 3.05) is 27.4 Å². The van der Waals surface area contributed by atoms with Gasteiger partial charge in [-0.15, -0.1) is 0 Å². The van der Waals surface area contributed by atoms with Crippen LogP contribution < -0.4 is 0 Å². The number of esters is 2. The summed E-state index contributed by atoms with van der Waals surface area (Å²) < 4.78 is 19.9. The molecule has 0 rings (SSSR count). The highest BCUT2D eigenvalue weighted by Gasteiger charge is 2.16. The van der Waals surface area contributed by atoms with Gasteiger partial charge in [0, 0.05) is 14.2 Å². The van der Waals surface area contributed by atoms with E-state index in [1.807, 2.05) is 13.8 Å². The molecule has 0 aliphatic heterocycles. The van der Waals surface area contributed by atoms with Gasteiger partial charge in [-0.25, -0.2) is 0 Å². The Hall–Kier alpha value is -1.14. The summed E-state index contributed by atoms with van der Waals surface area (Å²) >= 11 is 0. The highest BCUT2D eigenvalue weighted by Crippen LogP contribution is 2.01. The highest BCUT2D eigenvalue weighted by atomic mass is 16.6. The number of hydrogen-bond donors (Lipinski definition) is 0. The van der Waals surface area contributed by atoms with Crippen molar-refractivity contribution in [3.8, 4) is 0 Å². The number of hydrogen-bond acceptors (Lipinski definition) is 6. The van der Waals surface area contributed by atoms with E-state index in [0.717, 1.165) is 12.8 Å². The zero-order valence-electron chi connectivity index (χ0n) is 12.1. The molecule has 0 amide bonds. The highest BCUT2D eigenvalue weighted by molar-refractivity contribution is 5.91. The molecule has 0 fully saturated rings. The topological polar surface area (TPSA) is 71.1 Å². The molecule has 0 saturated carbocycles. The standard InChI is InChI=1S/C13H24O6/c1-5-10(16-3)8-18-12(14)7-13(15)19-9-11(6-2)17-4/h10-11H,5-9H2,1-4H3. The predicted molar refractivity (Wildman–Crippen MR) is 68.7 cm³/mol. The molecule has 0 aromatic carbocycles. The molecule has 0 aliphatic carbocycles. The molecular formula is C13H24O6. The summed E-state index contributed by atoms with van der Waals surface area (Å²) in [7, 11) is 3.10. The monoisotopic (exact) mass is 276 g/mol. The van der Waals surface area contributed by atoms with E-state index in [9.17, 15) is 9.59 Å². The normalized spacial score (nSPS) is 13.7. The van der Waals surface area contributed by atoms with Gasteiger partial charge in [0.15, 0.2) is 0 Å². The molecule has 0 aromatic rings. The SMILES string of the molecule is CCC(COC(=O)CC(=O)OCC(CC)OC)OC. The van der Waals surface area contributed by atoms with Crippen LogP contribution in [-0.4, -0.2) is 51.6 Å². The molecule has 0 bridgehead atoms. The van der Waals surface area contributed by atoms with Crippen LogP contribution in [-0.2, 0) is 28.5 Å². The molecule has 0 N–H and O–H groups in total. The van der Waals surface area contributed by atoms with Gasteiger partial charge in [0.25, 0.3) is 0 Å². The molecule has 0 aliphatic rings. The zero-order valence-corrected chi connectivity index (χ0v) is 12.1. The number of carbonyl (C=O) groups is 2. The van der Waals surface area contributed by atoms with Gasteiger partial charge in [-0.2, -0.15) is 0 Å². The van der Waals surface area contributed by atoms with E-state index < -0.39 is 11.9 Å². The summed E-state index contributed by atoms with van der Waals surface area (Å²) in [6.45, 7) is 4.14. The second-order valence-corrected chi connectivity index (χ2v) is 4.07. The smallest absolute Gasteiger partial charge is 0.317 e. The van der Waals surface area contributed by atoms with E-state index >= 15 is 0 Å². The van der Waals surface area contributed by atoms with Gasteiger partial charge in [-0.1, -0.05) is 13.8 Å². The van der Waals surface area contributed by atoms with E-state index in [2.05, 4.69) is 0 Å². The zero-order chi connectivity index (χ0) is 14.7. The van der Waals surface area contributed by atoms with Gasteiger partial charge in [0.05, 0.1) is 12.2 Å². The summed E-state index contributed by atoms with van der Waals surface area (Å²) in [6.07, 6.45) is 0.803. The van der Waals surface area contributed by atoms with Crippen LogP contribution >= 0.6 is 0 Å². The maximum atomic E-state index is 11.4. The number of rotatable bonds is 10. The van der Waals surface area contributed by atoms with Crippen molar-refractivity contribution >= 4 is 11.9 Å². The van der Waals surface area contributed by atoms with Crippen molar-refractivity contribution in [1.82, 2.24) is 0 Å². The lowest BCUT2D eigenvalue weighted by molar-refractivity contribution is -0.158. The minimum atomic E-state index is -0.606. The summed E-state index contributed by atoms with van der Waals surface area (Å²) in [5.41, 5.74) is 0. The average molecular weight is 276 g/mol. The Morgan fingerprint density at radius 2 is 1.21 bits per heavy atom. The van der Waals surface area contributed by atoms with Crippen molar-refractivity contribution in [2.24, 2.45) is 0 Å². The first-order valence-electron chi connectivity index (χ1n) is 6.44. The van der Waals surface area contributed by atoms with Gasteiger partial charge in [-0.3, -0.25) is 9.59 Å². The fourth-order valence-electron chi connectivity index (χ4n) is 1.30. The molecule has 0 spiro atoms. The molecular weight excluding hydrogens is 252 g/mol. The van der Waals surface area contributed by atoms with Crippen molar-refractivity contribution in [3.05, 3.63) is 0 Å². The van der Waals surface area contributed by atoms with E-state index in [0.29, 0.717) is 0 Å². The number of methoxy groups -OCH3 is 2. The minimum absolute atomic E-state index is 0.141. The number of ether oxygens (including phenoxy) is 4. The first-order chi connectivity index (χ1) is 9.07. The quantitative estimate of drug-likeness (QED) is 0.442. The van der Waals surface area contributed by atoms with Gasteiger partial charge >= 0.3 is 11.9 Å². The summed E-state index contributed by atoms with van der Waals surface area (Å²) in [5, 5.41) is 0. The van der Waals surface area contributed by atoms with Crippen molar-refractivity contribution in [3.63, 3.8) is 0 Å². The summed E-state index contributed by atoms with van der Waals surface area (Å²) in [4.78, 5) is 22.7. The van der Waals surface area contributed by atoms with Crippen molar-refractivity contribution < 1.29 is 28.5 Å². The van der Waals surface area contributed by atoms with Crippen molar-refractivity contribution in [2.45, 2.75) is 45.3 Å². The Kier molecular flexibility index (Phi) is 10.1. The first-order valence-corrected chi connectivity index (χ1v) is 6.44. The van der Waals surface area contributed by atoms with Crippen LogP contribution in [0.2, 0.25) is 0 Å². The van der Waals surface area contributed by atoms with Crippen LogP contribution in [0.25, 0.3) is 0 Å². The van der Waals surface area contributed by atoms with Gasteiger partial charge in [0.2, 0.25) is 0 Å². The lowest BCUT2D eigenvalue weighted by Crippen LogP contribution is -2.24. The maximum Gasteiger partial charge on any atom is 0.317 e. The Morgan fingerprint density at radius 1 is 0.842 bits per heavy atom. The van der Waals surface area contributed by atoms with E-state index in [4.69, 9.17) is 18.9 Å². The Morgan fingerprint density at radius 3 is 1.47 bits per heavy atom. The Labute approximate surface area is 114 Å². The molecule has 0 saturated heterocycles. The largest absolute Gasteiger partial charge is 0.462 e. The second kappa shape index (κ2) is 10.8. The molecule has 2 atom stereocenters. The molecule has 6 nitrogen and oxygen atoms in total. The molecule has 6 heteroatoms. The first kappa shape index (κ1) is 17.9. The van der Waals surface area contributed by atoms with E-state index in [1.54, 1.807) is 14.2 Å². The second-order valence-electron chi connectivity index (χ2n) is 4.07. The predicted octanol–water partition coefficient (Wildman–Crippen LogP) is 1.31. The van der Waals surface area contributed by atoms with E-state index in [1.165, 1.54) is 0 Å². The van der Waals surface area contributed by atoms with Crippen LogP contribution in [0.5, 0.6) is 0 Å². The van der Waals surface area contributed by atoms with Gasteiger partial charge in [0.1, 0.15) is 19.6 Å². The molecule has 0 aromatic heterocycles. The summed E-state index contributed by atoms with van der Waals surface area (Å²) in [6, 6.07) is 0. The van der Waals surface area contributed by atoms with Crippen LogP contribution in [0.1, 0.15) is 33.1 Å². The van der Waals surface area contributed by atoms with Gasteiger partial charge in [-0.05, 0) is 12.8 Å². The minimum Gasteiger partial charge on any atom is -0.462 e. The van der Waals surface area contributed by atoms with Crippen LogP contribution in [0, 0.1) is 0 Å². The average Bonchev–Trinajstić information content (AvgIpc) is 2.41. The van der Waals surface area contributed by atoms with Crippen LogP contribution in [0.15, 0.2) is 0 Å². The Balaban J connectivity index is 3.83. The number of carbonyl (C=O) groups excluding carboxylic acids is 2. The van der Waals surface area contributed by atoms with Crippen LogP contribution in [0.4, 0.5) is 0 Å². The fraction of sp³-hybridized carbons (Fsp3) is 0.846. The third kappa shape index (κ3) is 8.56. The van der Waals surface area contributed by atoms with Crippen molar-refractivity contribution in [1.29, 1.82) is 0 Å². The van der Waals surface area contributed by atoms with Gasteiger partial charge < -0.3 is 18.9 Å². The third-order valence-corrected chi connectivity index (χ3v) is 2.73. The van der Waals surface area contributed by atoms with Crippen LogP contribution in [0.3, 0.4) is 0 Å². The molecule has 0 heterocycles. The third-order valence-electron chi connectivity index (χ3n) is 2.73. The summed E-state index contributed by atoms with van der Waals surface area (Å²) in [5.74, 6) is -1.21. The van der Waals surface area contributed by atoms with E-state index in [-0.39, 0.29) is 31.8 Å². The molecule has 0 radical (unpaired) electrons. The molecule has 2 unspecified atom stereocenters. The lowest BCUT2D eigenvalue weighted by atomic mass is 10.3. The molecule has 112 valence electrons. The fourth-order valence-corrected chi connectivity index (χ4v) is 1.30. The lowest BCUT2D eigenvalue weighted by Gasteiger charge is -2.14.